The molecule has 0 saturated heterocycles. The zero-order valence-electron chi connectivity index (χ0n) is 36.1. The molecule has 0 aliphatic rings. The maximum absolute atomic E-state index is 15.0. The summed E-state index contributed by atoms with van der Waals surface area (Å²) < 4.78 is 264. The van der Waals surface area contributed by atoms with Gasteiger partial charge in [-0.05, 0) is 72.1 Å². The molecule has 10 nitrogen and oxygen atoms in total. The van der Waals surface area contributed by atoms with Crippen LogP contribution in [0.1, 0.15) is 52.7 Å². The van der Waals surface area contributed by atoms with Gasteiger partial charge in [0.15, 0.2) is 14.4 Å². The fourth-order valence-corrected chi connectivity index (χ4v) is 10.9. The third kappa shape index (κ3) is 11.8. The van der Waals surface area contributed by atoms with Gasteiger partial charge in [0, 0.05) is 24.8 Å². The second-order valence-corrected chi connectivity index (χ2v) is 20.4. The van der Waals surface area contributed by atoms with E-state index in [1.54, 1.807) is 0 Å². The number of amides is 2. The van der Waals surface area contributed by atoms with E-state index in [4.69, 9.17) is 28.6 Å². The van der Waals surface area contributed by atoms with Crippen LogP contribution >= 0.6 is 0 Å². The molecular weight excluding hydrogens is 975 g/mol. The quantitative estimate of drug-likeness (QED) is 0.0237. The molecule has 2 rings (SSSR count). The van der Waals surface area contributed by atoms with Gasteiger partial charge in [-0.1, -0.05) is 39.8 Å². The minimum atomic E-state index is -8.72. The minimum absolute atomic E-state index is 0.0419. The van der Waals surface area contributed by atoms with Crippen molar-refractivity contribution in [3.05, 3.63) is 65.7 Å². The summed E-state index contributed by atoms with van der Waals surface area (Å²) in [5.41, 5.74) is 0.0338. The van der Waals surface area contributed by atoms with Crippen LogP contribution in [-0.4, -0.2) is 107 Å². The molecule has 0 radical (unpaired) electrons. The lowest BCUT2D eigenvalue weighted by Crippen LogP contribution is -2.74. The van der Waals surface area contributed by atoms with Gasteiger partial charge in [-0.2, -0.15) is 74.6 Å². The van der Waals surface area contributed by atoms with Crippen molar-refractivity contribution in [2.45, 2.75) is 118 Å². The Balaban J connectivity index is 2.34. The molecule has 382 valence electrons. The molecule has 0 unspecified atom stereocenters. The SMILES string of the molecule is COc1ccc(NC(=O)O[C@H](c2ccc(OCCO[Si](CCC(F)(F)C(F)(F)C(F)(F)C(F)(F)C(F)(F)C(F)(F)C(F)(F)C(F)(F)F)(C(C)C)C(C)C)cc2)[C@@H](/C=C(\C)C(=O)NO)OC)cc1. The summed E-state index contributed by atoms with van der Waals surface area (Å²) in [4.78, 5) is 25.0. The van der Waals surface area contributed by atoms with Crippen LogP contribution in [-0.2, 0) is 18.7 Å². The number of benzene rings is 2. The largest absolute Gasteiger partial charge is 0.497 e. The molecule has 0 fully saturated rings. The molecule has 2 aromatic rings. The Kier molecular flexibility index (Phi) is 18.7. The Morgan fingerprint density at radius 1 is 0.672 bits per heavy atom. The van der Waals surface area contributed by atoms with Crippen LogP contribution in [0, 0.1) is 0 Å². The van der Waals surface area contributed by atoms with Crippen molar-refractivity contribution in [2.75, 3.05) is 32.8 Å². The number of nitrogens with one attached hydrogen (secondary N) is 2. The fraction of sp³-hybridized carbons (Fsp3) is 0.590. The number of hydroxylamine groups is 1. The molecule has 0 bridgehead atoms. The van der Waals surface area contributed by atoms with E-state index in [0.29, 0.717) is 5.75 Å². The summed E-state index contributed by atoms with van der Waals surface area (Å²) in [6, 6.07) is 10.1. The first-order valence-electron chi connectivity index (χ1n) is 19.3. The highest BCUT2D eigenvalue weighted by Gasteiger charge is 2.95. The molecule has 28 heteroatoms. The number of carbonyl (C=O) groups excluding carboxylic acids is 2. The van der Waals surface area contributed by atoms with Gasteiger partial charge in [0.1, 0.15) is 24.2 Å². The number of alkyl halides is 17. The van der Waals surface area contributed by atoms with Crippen molar-refractivity contribution in [2.24, 2.45) is 0 Å². The van der Waals surface area contributed by atoms with Gasteiger partial charge >= 0.3 is 53.7 Å². The van der Waals surface area contributed by atoms with Gasteiger partial charge in [0.2, 0.25) is 0 Å². The van der Waals surface area contributed by atoms with Gasteiger partial charge in [0.25, 0.3) is 5.91 Å². The maximum atomic E-state index is 15.0. The van der Waals surface area contributed by atoms with E-state index in [1.165, 1.54) is 109 Å². The van der Waals surface area contributed by atoms with E-state index in [-0.39, 0.29) is 22.6 Å². The Morgan fingerprint density at radius 3 is 1.57 bits per heavy atom. The Bertz CT molecular complexity index is 1980. The molecule has 2 aromatic carbocycles. The van der Waals surface area contributed by atoms with Gasteiger partial charge < -0.3 is 23.4 Å². The predicted octanol–water partition coefficient (Wildman–Crippen LogP) is 12.0. The van der Waals surface area contributed by atoms with Crippen molar-refractivity contribution >= 4 is 26.0 Å². The highest BCUT2D eigenvalue weighted by molar-refractivity contribution is 6.76. The molecule has 0 aliphatic heterocycles. The van der Waals surface area contributed by atoms with Crippen molar-refractivity contribution < 1.29 is 113 Å². The van der Waals surface area contributed by atoms with Crippen LogP contribution in [0.15, 0.2) is 60.2 Å². The van der Waals surface area contributed by atoms with Crippen LogP contribution in [0.2, 0.25) is 17.1 Å². The first-order valence-corrected chi connectivity index (χ1v) is 21.5. The molecular formula is C39H45F17N2O8Si. The van der Waals surface area contributed by atoms with Crippen molar-refractivity contribution in [3.8, 4) is 11.5 Å². The van der Waals surface area contributed by atoms with Crippen molar-refractivity contribution in [1.29, 1.82) is 0 Å². The van der Waals surface area contributed by atoms with Crippen molar-refractivity contribution in [3.63, 3.8) is 0 Å². The molecule has 3 N–H and O–H groups in total. The average molecular weight is 1020 g/mol. The molecule has 2 amide bonds. The minimum Gasteiger partial charge on any atom is -0.497 e. The van der Waals surface area contributed by atoms with Crippen LogP contribution in [0.5, 0.6) is 11.5 Å². The van der Waals surface area contributed by atoms with E-state index in [1.807, 2.05) is 0 Å². The molecule has 0 aliphatic carbocycles. The zero-order chi connectivity index (χ0) is 52.0. The monoisotopic (exact) mass is 1020 g/mol. The maximum Gasteiger partial charge on any atom is 0.460 e. The third-order valence-corrected chi connectivity index (χ3v) is 16.2. The normalized spacial score (nSPS) is 15.1. The standard InChI is InChI=1S/C39H45F17N2O8Si/c1-21(2)67(22(3)4,19-16-32(40,41)33(42,43)34(44,45)35(46,47)36(48,49)37(50,51)38(52,53)39(54,55)56)65-18-17-64-27-12-8-24(9-13-27)29(28(63-7)20-23(5)30(59)58-61)66-31(60)57-25-10-14-26(62-6)15-11-25/h8-15,20-22,28-29,61H,16-19H2,1-7H3,(H,57,60)(H,58,59)/b23-20+/t28-,29-/m1/s1. The molecule has 2 atom stereocenters. The van der Waals surface area contributed by atoms with E-state index in [9.17, 15) is 75.4 Å². The summed E-state index contributed by atoms with van der Waals surface area (Å²) in [6.07, 6.45) is -12.7. The van der Waals surface area contributed by atoms with E-state index >= 15 is 8.78 Å². The number of halogens is 17. The van der Waals surface area contributed by atoms with Gasteiger partial charge in [-0.25, -0.2) is 10.3 Å². The second kappa shape index (κ2) is 21.4. The predicted molar refractivity (Wildman–Crippen MR) is 204 cm³/mol. The highest BCUT2D eigenvalue weighted by atomic mass is 28.4. The topological polar surface area (TPSA) is 125 Å². The highest BCUT2D eigenvalue weighted by Crippen LogP contribution is 2.64. The Morgan fingerprint density at radius 2 is 1.13 bits per heavy atom. The van der Waals surface area contributed by atoms with E-state index < -0.39 is 117 Å². The number of anilines is 1. The fourth-order valence-electron chi connectivity index (χ4n) is 6.45. The molecule has 0 heterocycles. The number of carbonyl (C=O) groups is 2. The number of hydrogen-bond acceptors (Lipinski definition) is 8. The zero-order valence-corrected chi connectivity index (χ0v) is 37.1. The average Bonchev–Trinajstić information content (AvgIpc) is 3.23. The van der Waals surface area contributed by atoms with Crippen LogP contribution in [0.4, 0.5) is 85.1 Å². The number of ether oxygens (including phenoxy) is 4. The summed E-state index contributed by atoms with van der Waals surface area (Å²) in [6.45, 7) is 5.44. The van der Waals surface area contributed by atoms with Crippen molar-refractivity contribution in [1.82, 2.24) is 5.48 Å². The van der Waals surface area contributed by atoms with E-state index in [2.05, 4.69) is 5.32 Å². The third-order valence-electron chi connectivity index (χ3n) is 10.5. The lowest BCUT2D eigenvalue weighted by atomic mass is 9.88. The first-order chi connectivity index (χ1) is 30.4. The lowest BCUT2D eigenvalue weighted by Gasteiger charge is -2.44. The summed E-state index contributed by atoms with van der Waals surface area (Å²) >= 11 is 0. The Labute approximate surface area is 372 Å². The molecule has 67 heavy (non-hydrogen) atoms. The molecule has 0 saturated carbocycles. The number of methoxy groups -OCH3 is 2. The van der Waals surface area contributed by atoms with Crippen LogP contribution in [0.25, 0.3) is 0 Å². The number of hydrogen-bond donors (Lipinski definition) is 3. The lowest BCUT2D eigenvalue weighted by molar-refractivity contribution is -0.461. The second-order valence-electron chi connectivity index (χ2n) is 15.3. The summed E-state index contributed by atoms with van der Waals surface area (Å²) in [5, 5.41) is 11.5. The first kappa shape index (κ1) is 58.6. The molecule has 0 spiro atoms. The van der Waals surface area contributed by atoms with E-state index in [0.717, 1.165) is 0 Å². The van der Waals surface area contributed by atoms with Gasteiger partial charge in [-0.3, -0.25) is 15.3 Å². The van der Waals surface area contributed by atoms with Gasteiger partial charge in [0.05, 0.1) is 13.7 Å². The molecule has 0 aromatic heterocycles. The summed E-state index contributed by atoms with van der Waals surface area (Å²) in [5.74, 6) is -57.4. The summed E-state index contributed by atoms with van der Waals surface area (Å²) in [7, 11) is -1.42. The smallest absolute Gasteiger partial charge is 0.460 e. The van der Waals surface area contributed by atoms with Crippen LogP contribution in [0.3, 0.4) is 0 Å². The Hall–Kier alpha value is -4.57. The van der Waals surface area contributed by atoms with Crippen LogP contribution < -0.4 is 20.3 Å². The number of rotatable bonds is 24. The van der Waals surface area contributed by atoms with Gasteiger partial charge in [-0.15, -0.1) is 0 Å².